The number of ether oxygens (including phenoxy) is 1. The van der Waals surface area contributed by atoms with E-state index < -0.39 is 0 Å². The first-order valence-corrected chi connectivity index (χ1v) is 5.93. The van der Waals surface area contributed by atoms with Crippen molar-refractivity contribution in [2.45, 2.75) is 33.1 Å². The predicted octanol–water partition coefficient (Wildman–Crippen LogP) is 2.39. The minimum absolute atomic E-state index is 0.849. The monoisotopic (exact) mass is 199 g/mol. The fourth-order valence-corrected chi connectivity index (χ4v) is 2.43. The first kappa shape index (κ1) is 12.0. The summed E-state index contributed by atoms with van der Waals surface area (Å²) in [5.74, 6) is 1.78. The lowest BCUT2D eigenvalue weighted by Gasteiger charge is -2.33. The standard InChI is InChI=1S/C12H25NO/c1-11(2)9-12-5-4-6-13(10-12)7-8-14-3/h11-12H,4-10H2,1-3H3. The van der Waals surface area contributed by atoms with Crippen LogP contribution in [0.1, 0.15) is 33.1 Å². The van der Waals surface area contributed by atoms with Gasteiger partial charge in [0.05, 0.1) is 6.61 Å². The summed E-state index contributed by atoms with van der Waals surface area (Å²) in [5, 5.41) is 0. The van der Waals surface area contributed by atoms with Crippen LogP contribution >= 0.6 is 0 Å². The molecule has 0 aromatic rings. The molecule has 2 nitrogen and oxygen atoms in total. The number of methoxy groups -OCH3 is 1. The van der Waals surface area contributed by atoms with Crippen molar-refractivity contribution in [3.63, 3.8) is 0 Å². The van der Waals surface area contributed by atoms with Crippen LogP contribution in [0.5, 0.6) is 0 Å². The first-order valence-electron chi connectivity index (χ1n) is 5.93. The van der Waals surface area contributed by atoms with Gasteiger partial charge in [-0.3, -0.25) is 0 Å². The molecule has 14 heavy (non-hydrogen) atoms. The summed E-state index contributed by atoms with van der Waals surface area (Å²) in [6.07, 6.45) is 4.20. The van der Waals surface area contributed by atoms with E-state index in [-0.39, 0.29) is 0 Å². The molecule has 2 heteroatoms. The minimum atomic E-state index is 0.849. The van der Waals surface area contributed by atoms with Crippen LogP contribution in [0.3, 0.4) is 0 Å². The van der Waals surface area contributed by atoms with Gasteiger partial charge in [-0.2, -0.15) is 0 Å². The van der Waals surface area contributed by atoms with Crippen LogP contribution in [-0.4, -0.2) is 38.3 Å². The van der Waals surface area contributed by atoms with Gasteiger partial charge in [-0.05, 0) is 37.6 Å². The second kappa shape index (κ2) is 6.41. The zero-order chi connectivity index (χ0) is 10.4. The van der Waals surface area contributed by atoms with Crippen LogP contribution < -0.4 is 0 Å². The van der Waals surface area contributed by atoms with Crippen LogP contribution in [0, 0.1) is 11.8 Å². The van der Waals surface area contributed by atoms with Crippen molar-refractivity contribution >= 4 is 0 Å². The van der Waals surface area contributed by atoms with Gasteiger partial charge in [0.2, 0.25) is 0 Å². The van der Waals surface area contributed by atoms with E-state index in [0.29, 0.717) is 0 Å². The molecule has 0 aliphatic carbocycles. The van der Waals surface area contributed by atoms with E-state index in [4.69, 9.17) is 4.74 Å². The zero-order valence-corrected chi connectivity index (χ0v) is 9.96. The van der Waals surface area contributed by atoms with E-state index in [9.17, 15) is 0 Å². The molecule has 0 amide bonds. The Balaban J connectivity index is 2.21. The highest BCUT2D eigenvalue weighted by atomic mass is 16.5. The lowest BCUT2D eigenvalue weighted by molar-refractivity contribution is 0.108. The molecule has 1 aliphatic rings. The number of likely N-dealkylation sites (tertiary alicyclic amines) is 1. The maximum absolute atomic E-state index is 5.12. The number of rotatable bonds is 5. The topological polar surface area (TPSA) is 12.5 Å². The molecule has 1 aliphatic heterocycles. The normalized spacial score (nSPS) is 24.4. The molecule has 1 unspecified atom stereocenters. The third-order valence-electron chi connectivity index (χ3n) is 3.02. The smallest absolute Gasteiger partial charge is 0.0589 e. The summed E-state index contributed by atoms with van der Waals surface area (Å²) in [4.78, 5) is 2.56. The second-order valence-electron chi connectivity index (χ2n) is 4.93. The van der Waals surface area contributed by atoms with Gasteiger partial charge < -0.3 is 9.64 Å². The Hall–Kier alpha value is -0.0800. The van der Waals surface area contributed by atoms with Gasteiger partial charge in [0.1, 0.15) is 0 Å². The van der Waals surface area contributed by atoms with E-state index in [2.05, 4.69) is 18.7 Å². The highest BCUT2D eigenvalue weighted by Gasteiger charge is 2.19. The Morgan fingerprint density at radius 2 is 2.21 bits per heavy atom. The Morgan fingerprint density at radius 3 is 2.86 bits per heavy atom. The third-order valence-corrected chi connectivity index (χ3v) is 3.02. The maximum atomic E-state index is 5.12. The number of hydrogen-bond donors (Lipinski definition) is 0. The van der Waals surface area contributed by atoms with Crippen LogP contribution in [0.15, 0.2) is 0 Å². The van der Waals surface area contributed by atoms with Gasteiger partial charge in [-0.15, -0.1) is 0 Å². The molecule has 0 aromatic carbocycles. The van der Waals surface area contributed by atoms with E-state index >= 15 is 0 Å². The first-order chi connectivity index (χ1) is 6.72. The van der Waals surface area contributed by atoms with E-state index in [0.717, 1.165) is 25.0 Å². The highest BCUT2D eigenvalue weighted by molar-refractivity contribution is 4.73. The third kappa shape index (κ3) is 4.43. The van der Waals surface area contributed by atoms with Crippen molar-refractivity contribution < 1.29 is 4.74 Å². The predicted molar refractivity (Wildman–Crippen MR) is 60.5 cm³/mol. The van der Waals surface area contributed by atoms with E-state index in [1.165, 1.54) is 32.4 Å². The van der Waals surface area contributed by atoms with Crippen molar-refractivity contribution in [2.75, 3.05) is 33.4 Å². The quantitative estimate of drug-likeness (QED) is 0.674. The molecule has 0 radical (unpaired) electrons. The summed E-state index contributed by atoms with van der Waals surface area (Å²) in [5.41, 5.74) is 0. The Kier molecular flexibility index (Phi) is 5.49. The lowest BCUT2D eigenvalue weighted by atomic mass is 9.90. The van der Waals surface area contributed by atoms with Crippen LogP contribution in [0.2, 0.25) is 0 Å². The molecule has 1 rings (SSSR count). The fourth-order valence-electron chi connectivity index (χ4n) is 2.43. The summed E-state index contributed by atoms with van der Waals surface area (Å²) < 4.78 is 5.12. The van der Waals surface area contributed by atoms with Gasteiger partial charge in [0.25, 0.3) is 0 Å². The van der Waals surface area contributed by atoms with Crippen molar-refractivity contribution in [2.24, 2.45) is 11.8 Å². The zero-order valence-electron chi connectivity index (χ0n) is 9.96. The van der Waals surface area contributed by atoms with Gasteiger partial charge in [-0.25, -0.2) is 0 Å². The average Bonchev–Trinajstić information content (AvgIpc) is 2.14. The molecular weight excluding hydrogens is 174 g/mol. The Morgan fingerprint density at radius 1 is 1.43 bits per heavy atom. The number of piperidine rings is 1. The lowest BCUT2D eigenvalue weighted by Crippen LogP contribution is -2.37. The summed E-state index contributed by atoms with van der Waals surface area (Å²) in [6.45, 7) is 9.22. The van der Waals surface area contributed by atoms with Crippen molar-refractivity contribution in [3.8, 4) is 0 Å². The molecule has 1 heterocycles. The van der Waals surface area contributed by atoms with Gasteiger partial charge in [0.15, 0.2) is 0 Å². The highest BCUT2D eigenvalue weighted by Crippen LogP contribution is 2.22. The Bertz CT molecular complexity index is 147. The Labute approximate surface area is 88.6 Å². The van der Waals surface area contributed by atoms with Crippen LogP contribution in [0.25, 0.3) is 0 Å². The van der Waals surface area contributed by atoms with Gasteiger partial charge in [0, 0.05) is 20.2 Å². The molecule has 1 atom stereocenters. The molecule has 0 saturated carbocycles. The summed E-state index contributed by atoms with van der Waals surface area (Å²) in [6, 6.07) is 0. The SMILES string of the molecule is COCCN1CCCC(CC(C)C)C1. The van der Waals surface area contributed by atoms with E-state index in [1.54, 1.807) is 7.11 Å². The molecule has 0 aromatic heterocycles. The van der Waals surface area contributed by atoms with Gasteiger partial charge in [-0.1, -0.05) is 13.8 Å². The van der Waals surface area contributed by atoms with Crippen molar-refractivity contribution in [1.29, 1.82) is 0 Å². The van der Waals surface area contributed by atoms with Crippen LogP contribution in [-0.2, 0) is 4.74 Å². The molecule has 1 saturated heterocycles. The number of nitrogens with zero attached hydrogens (tertiary/aromatic N) is 1. The molecule has 84 valence electrons. The molecule has 0 N–H and O–H groups in total. The van der Waals surface area contributed by atoms with Gasteiger partial charge >= 0.3 is 0 Å². The van der Waals surface area contributed by atoms with Crippen molar-refractivity contribution in [3.05, 3.63) is 0 Å². The maximum Gasteiger partial charge on any atom is 0.0589 e. The van der Waals surface area contributed by atoms with Crippen LogP contribution in [0.4, 0.5) is 0 Å². The molecule has 0 spiro atoms. The summed E-state index contributed by atoms with van der Waals surface area (Å²) in [7, 11) is 1.79. The molecule has 1 fully saturated rings. The minimum Gasteiger partial charge on any atom is -0.383 e. The fraction of sp³-hybridized carbons (Fsp3) is 1.00. The largest absolute Gasteiger partial charge is 0.383 e. The molecule has 0 bridgehead atoms. The second-order valence-corrected chi connectivity index (χ2v) is 4.93. The average molecular weight is 199 g/mol. The molecular formula is C12H25NO. The number of hydrogen-bond acceptors (Lipinski definition) is 2. The van der Waals surface area contributed by atoms with Crippen molar-refractivity contribution in [1.82, 2.24) is 4.90 Å². The summed E-state index contributed by atoms with van der Waals surface area (Å²) >= 11 is 0. The van der Waals surface area contributed by atoms with E-state index in [1.807, 2.05) is 0 Å².